The van der Waals surface area contributed by atoms with Crippen molar-refractivity contribution < 1.29 is 9.26 Å². The summed E-state index contributed by atoms with van der Waals surface area (Å²) in [5, 5.41) is 4.04. The lowest BCUT2D eigenvalue weighted by molar-refractivity contribution is 0.391. The Bertz CT molecular complexity index is 771. The molecule has 0 atom stereocenters. The summed E-state index contributed by atoms with van der Waals surface area (Å²) in [5.41, 5.74) is 2.13. The van der Waals surface area contributed by atoms with E-state index in [1.807, 2.05) is 36.4 Å². The average Bonchev–Trinajstić information content (AvgIpc) is 3.03. The van der Waals surface area contributed by atoms with Crippen molar-refractivity contribution in [2.24, 2.45) is 0 Å². The highest BCUT2D eigenvalue weighted by Gasteiger charge is 2.10. The summed E-state index contributed by atoms with van der Waals surface area (Å²) in [6.07, 6.45) is 0. The van der Waals surface area contributed by atoms with E-state index in [1.54, 1.807) is 18.9 Å². The van der Waals surface area contributed by atoms with Gasteiger partial charge in [0, 0.05) is 10.5 Å². The van der Waals surface area contributed by atoms with Crippen LogP contribution in [0.15, 0.2) is 57.9 Å². The number of benzene rings is 2. The Hall–Kier alpha value is -2.27. The molecule has 0 N–H and O–H groups in total. The van der Waals surface area contributed by atoms with E-state index in [0.717, 1.165) is 11.3 Å². The Labute approximate surface area is 133 Å². The molecule has 3 aromatic rings. The van der Waals surface area contributed by atoms with Crippen LogP contribution in [-0.4, -0.2) is 17.3 Å². The van der Waals surface area contributed by atoms with Gasteiger partial charge in [-0.15, -0.1) is 11.8 Å². The Balaban J connectivity index is 1.72. The summed E-state index contributed by atoms with van der Waals surface area (Å²) >= 11 is 1.70. The monoisotopic (exact) mass is 312 g/mol. The molecule has 2 aromatic carbocycles. The zero-order valence-corrected chi connectivity index (χ0v) is 13.3. The van der Waals surface area contributed by atoms with Crippen molar-refractivity contribution in [1.29, 1.82) is 0 Å². The highest BCUT2D eigenvalue weighted by atomic mass is 32.2. The maximum absolute atomic E-state index is 5.33. The molecule has 5 heteroatoms. The van der Waals surface area contributed by atoms with Crippen LogP contribution in [0.2, 0.25) is 0 Å². The molecule has 0 aliphatic rings. The normalized spacial score (nSPS) is 10.6. The number of nitrogens with zero attached hydrogens (tertiary/aromatic N) is 2. The summed E-state index contributed by atoms with van der Waals surface area (Å²) in [7, 11) is 1.64. The molecule has 3 rings (SSSR count). The van der Waals surface area contributed by atoms with Crippen molar-refractivity contribution in [3.05, 3.63) is 60.0 Å². The first kappa shape index (κ1) is 14.7. The van der Waals surface area contributed by atoms with E-state index < -0.39 is 0 Å². The van der Waals surface area contributed by atoms with Crippen molar-refractivity contribution in [2.45, 2.75) is 17.6 Å². The molecule has 4 nitrogen and oxygen atoms in total. The number of hydrogen-bond donors (Lipinski definition) is 0. The second-order valence-electron chi connectivity index (χ2n) is 4.80. The van der Waals surface area contributed by atoms with Gasteiger partial charge in [0.2, 0.25) is 11.7 Å². The van der Waals surface area contributed by atoms with E-state index in [0.29, 0.717) is 17.5 Å². The van der Waals surface area contributed by atoms with Gasteiger partial charge in [0.15, 0.2) is 0 Å². The van der Waals surface area contributed by atoms with Crippen molar-refractivity contribution in [2.75, 3.05) is 7.11 Å². The Morgan fingerprint density at radius 3 is 2.82 bits per heavy atom. The van der Waals surface area contributed by atoms with Gasteiger partial charge in [-0.2, -0.15) is 4.98 Å². The molecular formula is C17H16N2O2S. The first-order valence-corrected chi connectivity index (χ1v) is 7.90. The van der Waals surface area contributed by atoms with E-state index in [9.17, 15) is 0 Å². The van der Waals surface area contributed by atoms with Crippen LogP contribution in [0.1, 0.15) is 11.5 Å². The number of ether oxygens (including phenoxy) is 1. The fourth-order valence-corrected chi connectivity index (χ4v) is 2.92. The quantitative estimate of drug-likeness (QED) is 0.656. The Morgan fingerprint density at radius 1 is 1.14 bits per heavy atom. The van der Waals surface area contributed by atoms with E-state index in [1.165, 1.54) is 10.5 Å². The number of methoxy groups -OCH3 is 1. The van der Waals surface area contributed by atoms with E-state index in [4.69, 9.17) is 9.26 Å². The standard InChI is InChI=1S/C17H16N2O2S/c1-12-6-3-4-9-15(12)22-11-16-18-17(19-21-16)13-7-5-8-14(10-13)20-2/h3-10H,11H2,1-2H3. The van der Waals surface area contributed by atoms with Crippen LogP contribution in [0.3, 0.4) is 0 Å². The van der Waals surface area contributed by atoms with Crippen LogP contribution in [0.4, 0.5) is 0 Å². The fraction of sp³-hybridized carbons (Fsp3) is 0.176. The zero-order valence-electron chi connectivity index (χ0n) is 12.4. The topological polar surface area (TPSA) is 48.2 Å². The second kappa shape index (κ2) is 6.66. The highest BCUT2D eigenvalue weighted by Crippen LogP contribution is 2.26. The number of aromatic nitrogens is 2. The smallest absolute Gasteiger partial charge is 0.237 e. The van der Waals surface area contributed by atoms with Crippen LogP contribution >= 0.6 is 11.8 Å². The van der Waals surface area contributed by atoms with Crippen LogP contribution in [0.25, 0.3) is 11.4 Å². The van der Waals surface area contributed by atoms with Gasteiger partial charge in [0.05, 0.1) is 12.9 Å². The molecule has 1 heterocycles. The van der Waals surface area contributed by atoms with Gasteiger partial charge in [-0.25, -0.2) is 0 Å². The lowest BCUT2D eigenvalue weighted by Gasteiger charge is -2.02. The van der Waals surface area contributed by atoms with Gasteiger partial charge < -0.3 is 9.26 Å². The van der Waals surface area contributed by atoms with Crippen molar-refractivity contribution in [3.8, 4) is 17.1 Å². The maximum Gasteiger partial charge on any atom is 0.237 e. The fourth-order valence-electron chi connectivity index (χ4n) is 2.05. The van der Waals surface area contributed by atoms with Crippen LogP contribution in [0.5, 0.6) is 5.75 Å². The van der Waals surface area contributed by atoms with E-state index in [-0.39, 0.29) is 0 Å². The Morgan fingerprint density at radius 2 is 2.00 bits per heavy atom. The minimum atomic E-state index is 0.583. The minimum absolute atomic E-state index is 0.583. The third kappa shape index (κ3) is 3.31. The molecule has 1 aromatic heterocycles. The lowest BCUT2D eigenvalue weighted by atomic mass is 10.2. The largest absolute Gasteiger partial charge is 0.497 e. The van der Waals surface area contributed by atoms with Gasteiger partial charge in [-0.05, 0) is 30.7 Å². The summed E-state index contributed by atoms with van der Waals surface area (Å²) in [5.74, 6) is 2.63. The molecular weight excluding hydrogens is 296 g/mol. The van der Waals surface area contributed by atoms with Crippen molar-refractivity contribution in [1.82, 2.24) is 10.1 Å². The molecule has 0 bridgehead atoms. The molecule has 0 aliphatic heterocycles. The third-order valence-electron chi connectivity index (χ3n) is 3.24. The zero-order chi connectivity index (χ0) is 15.4. The molecule has 0 spiro atoms. The van der Waals surface area contributed by atoms with E-state index in [2.05, 4.69) is 29.2 Å². The molecule has 0 radical (unpaired) electrons. The number of aryl methyl sites for hydroxylation is 1. The van der Waals surface area contributed by atoms with Gasteiger partial charge in [-0.1, -0.05) is 35.5 Å². The first-order valence-electron chi connectivity index (χ1n) is 6.91. The third-order valence-corrected chi connectivity index (χ3v) is 4.40. The lowest BCUT2D eigenvalue weighted by Crippen LogP contribution is -1.86. The number of hydrogen-bond acceptors (Lipinski definition) is 5. The first-order chi connectivity index (χ1) is 10.8. The predicted octanol–water partition coefficient (Wildman–Crippen LogP) is 4.35. The Kier molecular flexibility index (Phi) is 4.44. The summed E-state index contributed by atoms with van der Waals surface area (Å²) in [4.78, 5) is 5.67. The average molecular weight is 312 g/mol. The molecule has 0 aliphatic carbocycles. The molecule has 0 saturated heterocycles. The summed E-state index contributed by atoms with van der Waals surface area (Å²) < 4.78 is 10.5. The molecule has 0 amide bonds. The van der Waals surface area contributed by atoms with Gasteiger partial charge in [0.25, 0.3) is 0 Å². The summed E-state index contributed by atoms with van der Waals surface area (Å²) in [6.45, 7) is 2.10. The van der Waals surface area contributed by atoms with Gasteiger partial charge >= 0.3 is 0 Å². The van der Waals surface area contributed by atoms with Gasteiger partial charge in [0.1, 0.15) is 5.75 Å². The van der Waals surface area contributed by atoms with Crippen molar-refractivity contribution in [3.63, 3.8) is 0 Å². The van der Waals surface area contributed by atoms with E-state index >= 15 is 0 Å². The molecule has 112 valence electrons. The van der Waals surface area contributed by atoms with Gasteiger partial charge in [-0.3, -0.25) is 0 Å². The molecule has 22 heavy (non-hydrogen) atoms. The number of rotatable bonds is 5. The van der Waals surface area contributed by atoms with Crippen LogP contribution in [-0.2, 0) is 5.75 Å². The molecule has 0 saturated carbocycles. The molecule has 0 fully saturated rings. The SMILES string of the molecule is COc1cccc(-c2noc(CSc3ccccc3C)n2)c1. The van der Waals surface area contributed by atoms with Crippen LogP contribution in [0, 0.1) is 6.92 Å². The maximum atomic E-state index is 5.33. The minimum Gasteiger partial charge on any atom is -0.497 e. The van der Waals surface area contributed by atoms with Crippen molar-refractivity contribution >= 4 is 11.8 Å². The predicted molar refractivity (Wildman–Crippen MR) is 87.0 cm³/mol. The molecule has 0 unspecified atom stereocenters. The van der Waals surface area contributed by atoms with Crippen LogP contribution < -0.4 is 4.74 Å². The second-order valence-corrected chi connectivity index (χ2v) is 5.82. The summed E-state index contributed by atoms with van der Waals surface area (Å²) in [6, 6.07) is 15.9. The highest BCUT2D eigenvalue weighted by molar-refractivity contribution is 7.98. The number of thioether (sulfide) groups is 1.